The van der Waals surface area contributed by atoms with Gasteiger partial charge in [0.15, 0.2) is 5.71 Å². The van der Waals surface area contributed by atoms with Crippen LogP contribution in [0.1, 0.15) is 21.5 Å². The molecule has 0 bridgehead atoms. The number of benzene rings is 2. The molecule has 2 aromatic rings. The number of aryl methyl sites for hydroxylation is 1. The summed E-state index contributed by atoms with van der Waals surface area (Å²) >= 11 is 0. The highest BCUT2D eigenvalue weighted by atomic mass is 16.7. The van der Waals surface area contributed by atoms with Crippen LogP contribution in [0.2, 0.25) is 0 Å². The van der Waals surface area contributed by atoms with Gasteiger partial charge in [-0.3, -0.25) is 4.79 Å². The second-order valence-corrected chi connectivity index (χ2v) is 5.07. The zero-order valence-electron chi connectivity index (χ0n) is 12.2. The van der Waals surface area contributed by atoms with Crippen molar-refractivity contribution in [2.45, 2.75) is 6.92 Å². The van der Waals surface area contributed by atoms with Crippen molar-refractivity contribution in [2.24, 2.45) is 5.16 Å². The van der Waals surface area contributed by atoms with Gasteiger partial charge in [0.1, 0.15) is 0 Å². The Hall–Kier alpha value is -2.95. The molecule has 0 aliphatic carbocycles. The number of anilines is 1. The highest BCUT2D eigenvalue weighted by Gasteiger charge is 2.32. The number of para-hydroxylation sites is 1. The van der Waals surface area contributed by atoms with E-state index in [0.717, 1.165) is 11.3 Å². The van der Waals surface area contributed by atoms with Crippen LogP contribution in [0.5, 0.6) is 0 Å². The van der Waals surface area contributed by atoms with E-state index in [4.69, 9.17) is 4.84 Å². The maximum Gasteiger partial charge on any atom is 0.365 e. The van der Waals surface area contributed by atoms with Crippen molar-refractivity contribution in [2.75, 3.05) is 11.9 Å². The van der Waals surface area contributed by atoms with Crippen LogP contribution in [0, 0.1) is 6.92 Å². The number of carbonyl (C=O) groups is 2. The molecule has 1 aliphatic heterocycles. The van der Waals surface area contributed by atoms with E-state index in [1.165, 1.54) is 4.90 Å². The predicted molar refractivity (Wildman–Crippen MR) is 83.0 cm³/mol. The van der Waals surface area contributed by atoms with Crippen LogP contribution in [0.4, 0.5) is 5.69 Å². The van der Waals surface area contributed by atoms with Gasteiger partial charge in [-0.15, -0.1) is 0 Å². The molecule has 2 aromatic carbocycles. The molecule has 0 N–H and O–H groups in total. The van der Waals surface area contributed by atoms with Gasteiger partial charge >= 0.3 is 5.97 Å². The number of rotatable bonds is 2. The third kappa shape index (κ3) is 2.37. The monoisotopic (exact) mass is 294 g/mol. The fourth-order valence-corrected chi connectivity index (χ4v) is 2.27. The first-order valence-electron chi connectivity index (χ1n) is 6.81. The number of nitrogens with zero attached hydrogens (tertiary/aromatic N) is 2. The van der Waals surface area contributed by atoms with Gasteiger partial charge in [-0.25, -0.2) is 4.79 Å². The smallest absolute Gasteiger partial charge is 0.312 e. The van der Waals surface area contributed by atoms with E-state index in [1.54, 1.807) is 25.2 Å². The van der Waals surface area contributed by atoms with Crippen LogP contribution >= 0.6 is 0 Å². The molecule has 1 amide bonds. The van der Waals surface area contributed by atoms with Crippen molar-refractivity contribution in [1.29, 1.82) is 0 Å². The fourth-order valence-electron chi connectivity index (χ4n) is 2.27. The van der Waals surface area contributed by atoms with Crippen LogP contribution in [-0.2, 0) is 9.63 Å². The lowest BCUT2D eigenvalue weighted by molar-refractivity contribution is -0.112. The summed E-state index contributed by atoms with van der Waals surface area (Å²) in [6, 6.07) is 14.2. The van der Waals surface area contributed by atoms with Gasteiger partial charge in [-0.1, -0.05) is 41.1 Å². The Morgan fingerprint density at radius 2 is 1.77 bits per heavy atom. The zero-order valence-corrected chi connectivity index (χ0v) is 12.2. The van der Waals surface area contributed by atoms with Gasteiger partial charge in [-0.05, 0) is 25.1 Å². The highest BCUT2D eigenvalue weighted by molar-refractivity contribution is 6.54. The average molecular weight is 294 g/mol. The molecule has 3 rings (SSSR count). The maximum atomic E-state index is 12.2. The van der Waals surface area contributed by atoms with E-state index in [9.17, 15) is 9.59 Å². The third-order valence-electron chi connectivity index (χ3n) is 3.53. The first-order chi connectivity index (χ1) is 10.6. The summed E-state index contributed by atoms with van der Waals surface area (Å²) in [7, 11) is 1.66. The molecular formula is C17H14N2O3. The molecule has 0 saturated heterocycles. The van der Waals surface area contributed by atoms with E-state index in [-0.39, 0.29) is 11.6 Å². The van der Waals surface area contributed by atoms with Crippen molar-refractivity contribution in [3.05, 3.63) is 65.2 Å². The number of hydrogen-bond acceptors (Lipinski definition) is 4. The molecule has 22 heavy (non-hydrogen) atoms. The minimum Gasteiger partial charge on any atom is -0.312 e. The summed E-state index contributed by atoms with van der Waals surface area (Å²) in [4.78, 5) is 30.5. The molecule has 1 aliphatic rings. The molecule has 0 saturated carbocycles. The molecular weight excluding hydrogens is 280 g/mol. The minimum absolute atomic E-state index is 0.138. The molecule has 110 valence electrons. The quantitative estimate of drug-likeness (QED) is 0.631. The number of hydrogen-bond donors (Lipinski definition) is 0. The van der Waals surface area contributed by atoms with E-state index in [2.05, 4.69) is 5.16 Å². The molecule has 0 fully saturated rings. The van der Waals surface area contributed by atoms with Crippen LogP contribution in [0.25, 0.3) is 0 Å². The Morgan fingerprint density at radius 1 is 1.09 bits per heavy atom. The summed E-state index contributed by atoms with van der Waals surface area (Å²) in [6.45, 7) is 1.93. The first-order valence-corrected chi connectivity index (χ1v) is 6.81. The lowest BCUT2D eigenvalue weighted by Crippen LogP contribution is -2.25. The summed E-state index contributed by atoms with van der Waals surface area (Å²) in [5, 5.41) is 3.77. The normalized spacial score (nSPS) is 15.1. The van der Waals surface area contributed by atoms with Crippen molar-refractivity contribution >= 4 is 23.3 Å². The molecule has 0 unspecified atom stereocenters. The van der Waals surface area contributed by atoms with Crippen molar-refractivity contribution in [1.82, 2.24) is 0 Å². The molecule has 5 nitrogen and oxygen atoms in total. The van der Waals surface area contributed by atoms with Gasteiger partial charge in [0.2, 0.25) is 0 Å². The standard InChI is InChI=1S/C17H14N2O3/c1-11-7-9-12(10-8-11)17(21)22-18-15-13-5-3-4-6-14(13)19(2)16(15)20/h3-10H,1-2H3/b18-15+. The Bertz CT molecular complexity index is 779. The predicted octanol–water partition coefficient (Wildman–Crippen LogP) is 2.53. The van der Waals surface area contributed by atoms with Gasteiger partial charge in [0.25, 0.3) is 5.91 Å². The van der Waals surface area contributed by atoms with E-state index in [0.29, 0.717) is 11.1 Å². The lowest BCUT2D eigenvalue weighted by Gasteiger charge is -2.07. The Balaban J connectivity index is 1.85. The summed E-state index contributed by atoms with van der Waals surface area (Å²) in [6.07, 6.45) is 0. The third-order valence-corrected chi connectivity index (χ3v) is 3.53. The molecule has 0 radical (unpaired) electrons. The lowest BCUT2D eigenvalue weighted by atomic mass is 10.1. The van der Waals surface area contributed by atoms with Gasteiger partial charge < -0.3 is 9.74 Å². The Kier molecular flexibility index (Phi) is 3.47. The van der Waals surface area contributed by atoms with Gasteiger partial charge in [0, 0.05) is 12.6 Å². The largest absolute Gasteiger partial charge is 0.365 e. The van der Waals surface area contributed by atoms with E-state index < -0.39 is 5.97 Å². The Morgan fingerprint density at radius 3 is 2.50 bits per heavy atom. The number of likely N-dealkylation sites (N-methyl/N-ethyl adjacent to an activating group) is 1. The van der Waals surface area contributed by atoms with Gasteiger partial charge in [0.05, 0.1) is 11.3 Å². The van der Waals surface area contributed by atoms with E-state index >= 15 is 0 Å². The molecule has 0 aromatic heterocycles. The van der Waals surface area contributed by atoms with Crippen LogP contribution in [0.3, 0.4) is 0 Å². The second kappa shape index (κ2) is 5.44. The summed E-state index contributed by atoms with van der Waals surface area (Å²) < 4.78 is 0. The molecule has 0 atom stereocenters. The minimum atomic E-state index is -0.590. The molecule has 5 heteroatoms. The van der Waals surface area contributed by atoms with Crippen molar-refractivity contribution < 1.29 is 14.4 Å². The fraction of sp³-hybridized carbons (Fsp3) is 0.118. The van der Waals surface area contributed by atoms with Crippen LogP contribution < -0.4 is 4.90 Å². The number of oxime groups is 1. The van der Waals surface area contributed by atoms with Crippen LogP contribution in [0.15, 0.2) is 53.7 Å². The average Bonchev–Trinajstić information content (AvgIpc) is 2.78. The SMILES string of the molecule is Cc1ccc(C(=O)O/N=C2/C(=O)N(C)c3ccccc32)cc1. The zero-order chi connectivity index (χ0) is 15.7. The first kappa shape index (κ1) is 14.0. The van der Waals surface area contributed by atoms with E-state index in [1.807, 2.05) is 37.3 Å². The molecule has 1 heterocycles. The van der Waals surface area contributed by atoms with Crippen molar-refractivity contribution in [3.63, 3.8) is 0 Å². The van der Waals surface area contributed by atoms with Gasteiger partial charge in [-0.2, -0.15) is 0 Å². The molecule has 0 spiro atoms. The topological polar surface area (TPSA) is 59.0 Å². The Labute approximate surface area is 127 Å². The summed E-state index contributed by atoms with van der Waals surface area (Å²) in [5.41, 5.74) is 2.98. The van der Waals surface area contributed by atoms with Crippen molar-refractivity contribution in [3.8, 4) is 0 Å². The summed E-state index contributed by atoms with van der Waals surface area (Å²) in [5.74, 6) is -0.884. The van der Waals surface area contributed by atoms with Crippen LogP contribution in [-0.4, -0.2) is 24.6 Å². The number of amides is 1. The number of carbonyl (C=O) groups excluding carboxylic acids is 2. The number of fused-ring (bicyclic) bond motifs is 1. The highest BCUT2D eigenvalue weighted by Crippen LogP contribution is 2.27. The maximum absolute atomic E-state index is 12.2. The second-order valence-electron chi connectivity index (χ2n) is 5.07.